The summed E-state index contributed by atoms with van der Waals surface area (Å²) in [6.45, 7) is 0. The van der Waals surface area contributed by atoms with Gasteiger partial charge in [0.2, 0.25) is 0 Å². The molecule has 1 aromatic heterocycles. The lowest BCUT2D eigenvalue weighted by molar-refractivity contribution is -0.140. The van der Waals surface area contributed by atoms with Gasteiger partial charge in [-0.1, -0.05) is 35.9 Å². The molecule has 1 aliphatic rings. The third-order valence-corrected chi connectivity index (χ3v) is 5.93. The highest BCUT2D eigenvalue weighted by Gasteiger charge is 2.34. The third-order valence-electron chi connectivity index (χ3n) is 5.62. The van der Waals surface area contributed by atoms with E-state index in [4.69, 9.17) is 11.6 Å². The molecule has 1 saturated carbocycles. The largest absolute Gasteiger partial charge is 0.433 e. The van der Waals surface area contributed by atoms with E-state index in [1.807, 2.05) is 0 Å². The molecule has 0 radical (unpaired) electrons. The van der Waals surface area contributed by atoms with Gasteiger partial charge in [0.05, 0.1) is 16.1 Å². The van der Waals surface area contributed by atoms with Gasteiger partial charge in [0, 0.05) is 23.2 Å². The van der Waals surface area contributed by atoms with E-state index in [2.05, 4.69) is 15.6 Å². The van der Waals surface area contributed by atoms with E-state index in [1.165, 1.54) is 18.2 Å². The predicted molar refractivity (Wildman–Crippen MR) is 115 cm³/mol. The van der Waals surface area contributed by atoms with Gasteiger partial charge in [0.1, 0.15) is 11.5 Å². The molecule has 3 aromatic rings. The lowest BCUT2D eigenvalue weighted by Crippen LogP contribution is -2.40. The highest BCUT2D eigenvalue weighted by molar-refractivity contribution is 6.33. The number of rotatable bonds is 4. The van der Waals surface area contributed by atoms with E-state index >= 15 is 0 Å². The second-order valence-corrected chi connectivity index (χ2v) is 8.24. The van der Waals surface area contributed by atoms with Crippen LogP contribution in [0.5, 0.6) is 0 Å². The molecule has 32 heavy (non-hydrogen) atoms. The van der Waals surface area contributed by atoms with Crippen LogP contribution in [0.4, 0.5) is 23.2 Å². The standard InChI is InChI=1S/C23H20ClF4N3O/c24-16-5-3-6-17(25)21(16)22(32)30-14-10-8-13(9-11-14)29-19-12-20(23(26,27)28)31-18-7-2-1-4-15(18)19/h1-7,12-14H,8-11H2,(H,29,31)(H,30,32). The molecule has 1 aliphatic carbocycles. The number of para-hydroxylation sites is 1. The molecule has 0 bridgehead atoms. The lowest BCUT2D eigenvalue weighted by Gasteiger charge is -2.31. The number of hydrogen-bond acceptors (Lipinski definition) is 3. The minimum absolute atomic E-state index is 0.0443. The first-order chi connectivity index (χ1) is 15.2. The van der Waals surface area contributed by atoms with Crippen molar-refractivity contribution in [2.75, 3.05) is 5.32 Å². The fourth-order valence-corrected chi connectivity index (χ4v) is 4.26. The molecule has 2 N–H and O–H groups in total. The Kier molecular flexibility index (Phi) is 6.24. The molecule has 2 aromatic carbocycles. The Bertz CT molecular complexity index is 1120. The molecule has 0 atom stereocenters. The molecule has 0 saturated heterocycles. The zero-order valence-corrected chi connectivity index (χ0v) is 17.6. The summed E-state index contributed by atoms with van der Waals surface area (Å²) in [6, 6.07) is 11.5. The van der Waals surface area contributed by atoms with Crippen molar-refractivity contribution < 1.29 is 22.4 Å². The van der Waals surface area contributed by atoms with Gasteiger partial charge in [0.15, 0.2) is 0 Å². The molecule has 1 heterocycles. The van der Waals surface area contributed by atoms with Gasteiger partial charge in [-0.3, -0.25) is 4.79 Å². The number of fused-ring (bicyclic) bond motifs is 1. The summed E-state index contributed by atoms with van der Waals surface area (Å²) in [5.41, 5.74) is -0.472. The van der Waals surface area contributed by atoms with Crippen molar-refractivity contribution in [3.63, 3.8) is 0 Å². The van der Waals surface area contributed by atoms with E-state index < -0.39 is 23.6 Å². The quantitative estimate of drug-likeness (QED) is 0.451. The molecule has 0 unspecified atom stereocenters. The number of amides is 1. The monoisotopic (exact) mass is 465 g/mol. The Hall–Kier alpha value is -2.87. The average Bonchev–Trinajstić information content (AvgIpc) is 2.74. The summed E-state index contributed by atoms with van der Waals surface area (Å²) >= 11 is 5.95. The summed E-state index contributed by atoms with van der Waals surface area (Å²) in [5.74, 6) is -1.25. The first kappa shape index (κ1) is 22.3. The van der Waals surface area contributed by atoms with Crippen molar-refractivity contribution in [3.05, 3.63) is 70.6 Å². The van der Waals surface area contributed by atoms with Crippen molar-refractivity contribution in [2.24, 2.45) is 0 Å². The van der Waals surface area contributed by atoms with E-state index in [1.54, 1.807) is 24.3 Å². The smallest absolute Gasteiger partial charge is 0.382 e. The maximum Gasteiger partial charge on any atom is 0.433 e. The van der Waals surface area contributed by atoms with Crippen LogP contribution in [-0.2, 0) is 6.18 Å². The molecule has 1 fully saturated rings. The van der Waals surface area contributed by atoms with Crippen molar-refractivity contribution in [3.8, 4) is 0 Å². The van der Waals surface area contributed by atoms with Gasteiger partial charge < -0.3 is 10.6 Å². The van der Waals surface area contributed by atoms with Gasteiger partial charge in [-0.05, 0) is 49.9 Å². The van der Waals surface area contributed by atoms with Crippen LogP contribution < -0.4 is 10.6 Å². The zero-order valence-electron chi connectivity index (χ0n) is 16.8. The molecule has 168 valence electrons. The minimum atomic E-state index is -4.55. The normalized spacial score (nSPS) is 19.0. The summed E-state index contributed by atoms with van der Waals surface area (Å²) in [5, 5.41) is 6.70. The number of nitrogens with zero attached hydrogens (tertiary/aromatic N) is 1. The fourth-order valence-electron chi connectivity index (χ4n) is 4.01. The second-order valence-electron chi connectivity index (χ2n) is 7.83. The molecular weight excluding hydrogens is 446 g/mol. The van der Waals surface area contributed by atoms with E-state index in [0.717, 1.165) is 6.07 Å². The summed E-state index contributed by atoms with van der Waals surface area (Å²) in [6.07, 6.45) is -2.08. The molecule has 1 amide bonds. The zero-order chi connectivity index (χ0) is 22.9. The van der Waals surface area contributed by atoms with Crippen molar-refractivity contribution in [2.45, 2.75) is 43.9 Å². The number of nitrogens with one attached hydrogen (secondary N) is 2. The molecule has 0 spiro atoms. The van der Waals surface area contributed by atoms with Gasteiger partial charge >= 0.3 is 6.18 Å². The van der Waals surface area contributed by atoms with Crippen molar-refractivity contribution >= 4 is 34.1 Å². The van der Waals surface area contributed by atoms with E-state index in [-0.39, 0.29) is 28.2 Å². The fraction of sp³-hybridized carbons (Fsp3) is 0.304. The maximum atomic E-state index is 14.0. The van der Waals surface area contributed by atoms with Crippen LogP contribution >= 0.6 is 11.6 Å². The minimum Gasteiger partial charge on any atom is -0.382 e. The Morgan fingerprint density at radius 3 is 2.38 bits per heavy atom. The molecule has 9 heteroatoms. The van der Waals surface area contributed by atoms with Gasteiger partial charge in [-0.25, -0.2) is 9.37 Å². The second kappa shape index (κ2) is 8.94. The molecular formula is C23H20ClF4N3O. The lowest BCUT2D eigenvalue weighted by atomic mass is 9.90. The number of hydrogen-bond donors (Lipinski definition) is 2. The number of alkyl halides is 3. The summed E-state index contributed by atoms with van der Waals surface area (Å²) in [7, 11) is 0. The van der Waals surface area contributed by atoms with Gasteiger partial charge in [0.25, 0.3) is 5.91 Å². The van der Waals surface area contributed by atoms with E-state index in [9.17, 15) is 22.4 Å². The SMILES string of the molecule is O=C(NC1CCC(Nc2cc(C(F)(F)F)nc3ccccc23)CC1)c1c(F)cccc1Cl. The number of pyridine rings is 1. The molecule has 0 aliphatic heterocycles. The highest BCUT2D eigenvalue weighted by atomic mass is 35.5. The Morgan fingerprint density at radius 2 is 1.69 bits per heavy atom. The van der Waals surface area contributed by atoms with Crippen molar-refractivity contribution in [1.82, 2.24) is 10.3 Å². The van der Waals surface area contributed by atoms with Crippen LogP contribution in [0.2, 0.25) is 5.02 Å². The number of carbonyl (C=O) groups excluding carboxylic acids is 1. The first-order valence-corrected chi connectivity index (χ1v) is 10.6. The average molecular weight is 466 g/mol. The number of benzene rings is 2. The summed E-state index contributed by atoms with van der Waals surface area (Å²) in [4.78, 5) is 16.2. The molecule has 4 rings (SSSR count). The third kappa shape index (κ3) is 4.80. The maximum absolute atomic E-state index is 14.0. The summed E-state index contributed by atoms with van der Waals surface area (Å²) < 4.78 is 53.8. The Labute approximate surface area is 187 Å². The van der Waals surface area contributed by atoms with Gasteiger partial charge in [-0.15, -0.1) is 0 Å². The Balaban J connectivity index is 1.43. The van der Waals surface area contributed by atoms with E-state index in [0.29, 0.717) is 36.8 Å². The van der Waals surface area contributed by atoms with Crippen LogP contribution in [0.25, 0.3) is 10.9 Å². The van der Waals surface area contributed by atoms with Crippen LogP contribution in [-0.4, -0.2) is 23.0 Å². The number of halogens is 5. The number of anilines is 1. The highest BCUT2D eigenvalue weighted by Crippen LogP contribution is 2.34. The predicted octanol–water partition coefficient (Wildman–Crippen LogP) is 6.20. The van der Waals surface area contributed by atoms with Crippen LogP contribution in [0.15, 0.2) is 48.5 Å². The van der Waals surface area contributed by atoms with Crippen LogP contribution in [0.3, 0.4) is 0 Å². The topological polar surface area (TPSA) is 54.0 Å². The van der Waals surface area contributed by atoms with Crippen LogP contribution in [0, 0.1) is 5.82 Å². The Morgan fingerprint density at radius 1 is 1.00 bits per heavy atom. The molecule has 4 nitrogen and oxygen atoms in total. The number of aromatic nitrogens is 1. The van der Waals surface area contributed by atoms with Gasteiger partial charge in [-0.2, -0.15) is 13.2 Å². The number of carbonyl (C=O) groups is 1. The van der Waals surface area contributed by atoms with Crippen molar-refractivity contribution in [1.29, 1.82) is 0 Å². The first-order valence-electron chi connectivity index (χ1n) is 10.2. The van der Waals surface area contributed by atoms with Crippen LogP contribution in [0.1, 0.15) is 41.7 Å².